The molecule has 0 spiro atoms. The normalized spacial score (nSPS) is 13.1. The van der Waals surface area contributed by atoms with Crippen LogP contribution in [0, 0.1) is 5.92 Å². The fourth-order valence-corrected chi connectivity index (χ4v) is 1.53. The summed E-state index contributed by atoms with van der Waals surface area (Å²) in [5.74, 6) is 0.786. The molecule has 1 atom stereocenters. The Morgan fingerprint density at radius 2 is 1.71 bits per heavy atom. The van der Waals surface area contributed by atoms with Gasteiger partial charge in [0.1, 0.15) is 5.75 Å². The van der Waals surface area contributed by atoms with Crippen LogP contribution in [0.15, 0.2) is 24.3 Å². The lowest BCUT2D eigenvalue weighted by Gasteiger charge is -2.12. The molecular formula is C12H18O2. The number of hydrogen-bond acceptors (Lipinski definition) is 2. The Balaban J connectivity index is 2.47. The zero-order valence-corrected chi connectivity index (χ0v) is 8.77. The number of hydrogen-bond donors (Lipinski definition) is 2. The van der Waals surface area contributed by atoms with Gasteiger partial charge in [-0.1, -0.05) is 26.0 Å². The predicted octanol–water partition coefficient (Wildman–Crippen LogP) is 2.34. The van der Waals surface area contributed by atoms with E-state index in [0.29, 0.717) is 12.3 Å². The van der Waals surface area contributed by atoms with Gasteiger partial charge in [-0.2, -0.15) is 0 Å². The third-order valence-corrected chi connectivity index (χ3v) is 2.15. The minimum Gasteiger partial charge on any atom is -0.508 e. The summed E-state index contributed by atoms with van der Waals surface area (Å²) in [4.78, 5) is 0. The van der Waals surface area contributed by atoms with E-state index in [1.54, 1.807) is 12.1 Å². The van der Waals surface area contributed by atoms with E-state index in [1.165, 1.54) is 0 Å². The molecule has 2 nitrogen and oxygen atoms in total. The fourth-order valence-electron chi connectivity index (χ4n) is 1.53. The summed E-state index contributed by atoms with van der Waals surface area (Å²) < 4.78 is 0. The first-order chi connectivity index (χ1) is 6.58. The monoisotopic (exact) mass is 194 g/mol. The standard InChI is InChI=1S/C12H18O2/c1-9(2)7-12(14)8-10-3-5-11(13)6-4-10/h3-6,9,12-14H,7-8H2,1-2H3. The average molecular weight is 194 g/mol. The lowest BCUT2D eigenvalue weighted by atomic mass is 10.00. The molecule has 0 aliphatic rings. The molecule has 1 aromatic rings. The highest BCUT2D eigenvalue weighted by Gasteiger charge is 2.07. The van der Waals surface area contributed by atoms with E-state index < -0.39 is 0 Å². The first-order valence-electron chi connectivity index (χ1n) is 5.04. The van der Waals surface area contributed by atoms with Crippen molar-refractivity contribution in [1.29, 1.82) is 0 Å². The number of rotatable bonds is 4. The molecule has 1 unspecified atom stereocenters. The van der Waals surface area contributed by atoms with Crippen molar-refractivity contribution in [3.05, 3.63) is 29.8 Å². The van der Waals surface area contributed by atoms with Gasteiger partial charge in [-0.15, -0.1) is 0 Å². The molecule has 0 saturated heterocycles. The van der Waals surface area contributed by atoms with E-state index in [1.807, 2.05) is 12.1 Å². The van der Waals surface area contributed by atoms with Crippen molar-refractivity contribution < 1.29 is 10.2 Å². The first-order valence-corrected chi connectivity index (χ1v) is 5.04. The number of phenolic OH excluding ortho intramolecular Hbond substituents is 1. The SMILES string of the molecule is CC(C)CC(O)Cc1ccc(O)cc1. The van der Waals surface area contributed by atoms with Crippen LogP contribution in [-0.2, 0) is 6.42 Å². The van der Waals surface area contributed by atoms with Gasteiger partial charge >= 0.3 is 0 Å². The molecule has 1 aromatic carbocycles. The Labute approximate surface area is 85.2 Å². The minimum absolute atomic E-state index is 0.270. The minimum atomic E-state index is -0.278. The molecular weight excluding hydrogens is 176 g/mol. The summed E-state index contributed by atoms with van der Waals surface area (Å²) in [6, 6.07) is 6.99. The maximum atomic E-state index is 9.68. The topological polar surface area (TPSA) is 40.5 Å². The fraction of sp³-hybridized carbons (Fsp3) is 0.500. The molecule has 2 N–H and O–H groups in total. The van der Waals surface area contributed by atoms with Crippen molar-refractivity contribution >= 4 is 0 Å². The van der Waals surface area contributed by atoms with Gasteiger partial charge in [0.05, 0.1) is 6.10 Å². The Hall–Kier alpha value is -1.02. The zero-order valence-electron chi connectivity index (χ0n) is 8.77. The third-order valence-electron chi connectivity index (χ3n) is 2.15. The lowest BCUT2D eigenvalue weighted by molar-refractivity contribution is 0.149. The van der Waals surface area contributed by atoms with Gasteiger partial charge in [-0.25, -0.2) is 0 Å². The van der Waals surface area contributed by atoms with Gasteiger partial charge in [-0.3, -0.25) is 0 Å². The molecule has 0 aliphatic carbocycles. The number of aliphatic hydroxyl groups excluding tert-OH is 1. The molecule has 1 rings (SSSR count). The molecule has 0 aliphatic heterocycles. The summed E-state index contributed by atoms with van der Waals surface area (Å²) in [5, 5.41) is 18.8. The summed E-state index contributed by atoms with van der Waals surface area (Å²) in [6.45, 7) is 4.19. The number of aromatic hydroxyl groups is 1. The van der Waals surface area contributed by atoms with Crippen LogP contribution in [0.5, 0.6) is 5.75 Å². The Morgan fingerprint density at radius 3 is 2.21 bits per heavy atom. The summed E-state index contributed by atoms with van der Waals surface area (Å²) >= 11 is 0. The lowest BCUT2D eigenvalue weighted by Crippen LogP contribution is -2.13. The summed E-state index contributed by atoms with van der Waals surface area (Å²) in [7, 11) is 0. The molecule has 0 radical (unpaired) electrons. The van der Waals surface area contributed by atoms with Gasteiger partial charge < -0.3 is 10.2 Å². The number of benzene rings is 1. The van der Waals surface area contributed by atoms with E-state index in [2.05, 4.69) is 13.8 Å². The van der Waals surface area contributed by atoms with E-state index in [4.69, 9.17) is 5.11 Å². The molecule has 2 heteroatoms. The molecule has 78 valence electrons. The van der Waals surface area contributed by atoms with Crippen LogP contribution in [0.4, 0.5) is 0 Å². The largest absolute Gasteiger partial charge is 0.508 e. The van der Waals surface area contributed by atoms with Crippen LogP contribution in [0.1, 0.15) is 25.8 Å². The molecule has 0 aromatic heterocycles. The third kappa shape index (κ3) is 3.79. The van der Waals surface area contributed by atoms with Crippen LogP contribution < -0.4 is 0 Å². The van der Waals surface area contributed by atoms with Gasteiger partial charge in [0.15, 0.2) is 0 Å². The highest BCUT2D eigenvalue weighted by atomic mass is 16.3. The van der Waals surface area contributed by atoms with Crippen molar-refractivity contribution in [1.82, 2.24) is 0 Å². The van der Waals surface area contributed by atoms with E-state index >= 15 is 0 Å². The van der Waals surface area contributed by atoms with Gasteiger partial charge in [0.2, 0.25) is 0 Å². The van der Waals surface area contributed by atoms with Crippen LogP contribution >= 0.6 is 0 Å². The van der Waals surface area contributed by atoms with E-state index in [0.717, 1.165) is 12.0 Å². The second kappa shape index (κ2) is 5.01. The van der Waals surface area contributed by atoms with Crippen molar-refractivity contribution in [2.45, 2.75) is 32.8 Å². The van der Waals surface area contributed by atoms with Crippen molar-refractivity contribution in [2.75, 3.05) is 0 Å². The smallest absolute Gasteiger partial charge is 0.115 e. The Bertz CT molecular complexity index is 264. The van der Waals surface area contributed by atoms with Crippen molar-refractivity contribution in [3.8, 4) is 5.75 Å². The molecule has 0 saturated carbocycles. The quantitative estimate of drug-likeness (QED) is 0.772. The van der Waals surface area contributed by atoms with Crippen LogP contribution in [0.3, 0.4) is 0 Å². The van der Waals surface area contributed by atoms with Gasteiger partial charge in [-0.05, 0) is 36.5 Å². The second-order valence-electron chi connectivity index (χ2n) is 4.15. The average Bonchev–Trinajstić information content (AvgIpc) is 2.07. The maximum Gasteiger partial charge on any atom is 0.115 e. The van der Waals surface area contributed by atoms with Crippen molar-refractivity contribution in [3.63, 3.8) is 0 Å². The Morgan fingerprint density at radius 1 is 1.14 bits per heavy atom. The predicted molar refractivity (Wildman–Crippen MR) is 57.3 cm³/mol. The highest BCUT2D eigenvalue weighted by molar-refractivity contribution is 5.26. The van der Waals surface area contributed by atoms with E-state index in [-0.39, 0.29) is 11.9 Å². The number of phenols is 1. The van der Waals surface area contributed by atoms with Gasteiger partial charge in [0, 0.05) is 0 Å². The molecule has 0 fully saturated rings. The maximum absolute atomic E-state index is 9.68. The highest BCUT2D eigenvalue weighted by Crippen LogP contribution is 2.14. The van der Waals surface area contributed by atoms with E-state index in [9.17, 15) is 5.11 Å². The first kappa shape index (κ1) is 11.1. The molecule has 0 amide bonds. The van der Waals surface area contributed by atoms with Crippen LogP contribution in [0.25, 0.3) is 0 Å². The molecule has 14 heavy (non-hydrogen) atoms. The molecule has 0 bridgehead atoms. The zero-order chi connectivity index (χ0) is 10.6. The van der Waals surface area contributed by atoms with Crippen LogP contribution in [-0.4, -0.2) is 16.3 Å². The summed E-state index contributed by atoms with van der Waals surface area (Å²) in [5.41, 5.74) is 1.07. The number of aliphatic hydroxyl groups is 1. The van der Waals surface area contributed by atoms with Crippen LogP contribution in [0.2, 0.25) is 0 Å². The second-order valence-corrected chi connectivity index (χ2v) is 4.15. The Kier molecular flexibility index (Phi) is 3.96. The van der Waals surface area contributed by atoms with Crippen molar-refractivity contribution in [2.24, 2.45) is 5.92 Å². The van der Waals surface area contributed by atoms with Gasteiger partial charge in [0.25, 0.3) is 0 Å². The summed E-state index contributed by atoms with van der Waals surface area (Å²) in [6.07, 6.45) is 1.21. The molecule has 0 heterocycles.